The number of hydrogen-bond donors (Lipinski definition) is 0. The molecule has 0 saturated heterocycles. The summed E-state index contributed by atoms with van der Waals surface area (Å²) in [6.07, 6.45) is 0. The van der Waals surface area contributed by atoms with Crippen molar-refractivity contribution in [2.75, 3.05) is 17.3 Å². The van der Waals surface area contributed by atoms with E-state index >= 15 is 0 Å². The Bertz CT molecular complexity index is 78.1. The van der Waals surface area contributed by atoms with Crippen molar-refractivity contribution >= 4 is 28.3 Å². The predicted molar refractivity (Wildman–Crippen MR) is 54.9 cm³/mol. The van der Waals surface area contributed by atoms with Gasteiger partial charge >= 0.3 is 0 Å². The fourth-order valence-corrected chi connectivity index (χ4v) is 1.84. The van der Waals surface area contributed by atoms with Crippen molar-refractivity contribution < 1.29 is 0 Å². The first-order chi connectivity index (χ1) is 4.76. The van der Waals surface area contributed by atoms with Gasteiger partial charge in [0.15, 0.2) is 0 Å². The number of thiocarbonyl (C=S) groups is 1. The second-order valence-corrected chi connectivity index (χ2v) is 4.71. The Morgan fingerprint density at radius 2 is 1.40 bits per heavy atom. The van der Waals surface area contributed by atoms with Crippen LogP contribution in [-0.4, -0.2) is 22.4 Å². The number of hydrogen-bond acceptors (Lipinski definition) is 1. The van der Waals surface area contributed by atoms with Crippen molar-refractivity contribution in [2.45, 2.75) is 20.8 Å². The molecule has 1 nitrogen and oxygen atoms in total. The van der Waals surface area contributed by atoms with E-state index in [1.807, 2.05) is 0 Å². The van der Waals surface area contributed by atoms with Gasteiger partial charge in [-0.05, 0) is 31.7 Å². The molecule has 10 heavy (non-hydrogen) atoms. The van der Waals surface area contributed by atoms with E-state index < -0.39 is 0 Å². The van der Waals surface area contributed by atoms with Crippen LogP contribution in [0.1, 0.15) is 20.8 Å². The lowest BCUT2D eigenvalue weighted by Gasteiger charge is -1.96. The van der Waals surface area contributed by atoms with Gasteiger partial charge in [-0.1, -0.05) is 12.2 Å². The van der Waals surface area contributed by atoms with Crippen molar-refractivity contribution in [1.82, 2.24) is 0 Å². The lowest BCUT2D eigenvalue weighted by Crippen LogP contribution is -2.09. The van der Waals surface area contributed by atoms with Crippen molar-refractivity contribution in [3.63, 3.8) is 0 Å². The fraction of sp³-hybridized carbons (Fsp3) is 0.857. The van der Waals surface area contributed by atoms with Crippen LogP contribution in [0.5, 0.6) is 0 Å². The molecule has 0 aromatic heterocycles. The molecule has 0 aromatic rings. The van der Waals surface area contributed by atoms with Gasteiger partial charge in [0.25, 0.3) is 0 Å². The van der Waals surface area contributed by atoms with Crippen LogP contribution in [0, 0.1) is 0 Å². The summed E-state index contributed by atoms with van der Waals surface area (Å²) in [4.78, 5) is 0. The summed E-state index contributed by atoms with van der Waals surface area (Å²) in [5.74, 6) is 4.15. The van der Waals surface area contributed by atoms with Gasteiger partial charge < -0.3 is 5.41 Å². The molecule has 0 saturated carbocycles. The molecule has 0 amide bonds. The van der Waals surface area contributed by atoms with Crippen molar-refractivity contribution in [3.05, 3.63) is 5.41 Å². The van der Waals surface area contributed by atoms with Crippen LogP contribution in [0.3, 0.4) is 0 Å². The highest BCUT2D eigenvalue weighted by atomic mass is 32.2. The molecule has 0 aromatic carbocycles. The minimum atomic E-state index is 0.755. The highest BCUT2D eigenvalue weighted by Crippen LogP contribution is 1.92. The number of rotatable bonds is 3. The average Bonchev–Trinajstić information content (AvgIpc) is 1.93. The molecule has 0 atom stereocenters. The van der Waals surface area contributed by atoms with Crippen LogP contribution >= 0.6 is 12.2 Å². The monoisotopic (exact) mass is 177 g/mol. The van der Waals surface area contributed by atoms with E-state index in [0.717, 1.165) is 10.9 Å². The minimum Gasteiger partial charge on any atom is -0.753 e. The largest absolute Gasteiger partial charge is 0.753 e. The minimum absolute atomic E-state index is 0.755. The molecule has 0 aliphatic carbocycles. The molecular weight excluding hydrogens is 162 g/mol. The number of nitrogens with zero attached hydrogens (tertiary/aromatic N) is 1. The summed E-state index contributed by atoms with van der Waals surface area (Å²) in [6.45, 7) is 6.82. The zero-order valence-electron chi connectivity index (χ0n) is 6.89. The normalized spacial score (nSPS) is 8.00. The van der Waals surface area contributed by atoms with E-state index in [4.69, 9.17) is 5.41 Å². The smallest absolute Gasteiger partial charge is 0.105 e. The molecule has 0 aliphatic heterocycles. The molecular formula is C7H15NS2. The van der Waals surface area contributed by atoms with E-state index in [0.29, 0.717) is 0 Å². The summed E-state index contributed by atoms with van der Waals surface area (Å²) < 4.78 is 0. The van der Waals surface area contributed by atoms with Gasteiger partial charge in [0.1, 0.15) is 17.3 Å². The third-order valence-corrected chi connectivity index (χ3v) is 3.67. The van der Waals surface area contributed by atoms with Crippen LogP contribution in [0.15, 0.2) is 0 Å². The molecule has 0 N–H and O–H groups in total. The Kier molecular flexibility index (Phi) is 15.2. The summed E-state index contributed by atoms with van der Waals surface area (Å²) in [5.41, 5.74) is 0. The average molecular weight is 177 g/mol. The molecule has 0 spiro atoms. The van der Waals surface area contributed by atoms with Gasteiger partial charge in [-0.25, -0.2) is 0 Å². The van der Waals surface area contributed by atoms with Gasteiger partial charge in [0.2, 0.25) is 0 Å². The predicted octanol–water partition coefficient (Wildman–Crippen LogP) is 2.32. The van der Waals surface area contributed by atoms with Gasteiger partial charge in [-0.3, -0.25) is 0 Å². The first-order valence-corrected chi connectivity index (χ1v) is 5.56. The highest BCUT2D eigenvalue weighted by Gasteiger charge is 2.05. The van der Waals surface area contributed by atoms with Crippen molar-refractivity contribution in [2.24, 2.45) is 0 Å². The second-order valence-electron chi connectivity index (χ2n) is 1.57. The number of isothiocyanates is 1. The Hall–Kier alpha value is 0.150. The van der Waals surface area contributed by atoms with Gasteiger partial charge in [0, 0.05) is 0 Å². The summed E-state index contributed by atoms with van der Waals surface area (Å²) >= 11 is 3.70. The topological polar surface area (TPSA) is 22.3 Å². The van der Waals surface area contributed by atoms with Gasteiger partial charge in [-0.15, -0.1) is 0 Å². The highest BCUT2D eigenvalue weighted by molar-refractivity contribution is 7.96. The van der Waals surface area contributed by atoms with Crippen LogP contribution < -0.4 is 0 Å². The van der Waals surface area contributed by atoms with Crippen LogP contribution in [0.2, 0.25) is 0 Å². The lowest BCUT2D eigenvalue weighted by atomic mass is 10.9. The van der Waals surface area contributed by atoms with E-state index in [9.17, 15) is 0 Å². The maximum absolute atomic E-state index is 7.13. The Labute approximate surface area is 72.1 Å². The van der Waals surface area contributed by atoms with Crippen LogP contribution in [0.25, 0.3) is 5.41 Å². The molecule has 0 fully saturated rings. The van der Waals surface area contributed by atoms with Crippen molar-refractivity contribution in [3.8, 4) is 0 Å². The Balaban J connectivity index is 0. The molecule has 3 heteroatoms. The third kappa shape index (κ3) is 11.0. The second kappa shape index (κ2) is 11.9. The zero-order chi connectivity index (χ0) is 8.41. The van der Waals surface area contributed by atoms with Gasteiger partial charge in [0.05, 0.1) is 0 Å². The molecule has 0 aliphatic rings. The fourth-order valence-electron chi connectivity index (χ4n) is 0.612. The third-order valence-electron chi connectivity index (χ3n) is 1.22. The molecule has 0 bridgehead atoms. The van der Waals surface area contributed by atoms with Crippen LogP contribution in [0.4, 0.5) is 0 Å². The molecule has 0 heterocycles. The summed E-state index contributed by atoms with van der Waals surface area (Å²) in [5, 5.41) is 8.47. The quantitative estimate of drug-likeness (QED) is 0.368. The summed E-state index contributed by atoms with van der Waals surface area (Å²) in [7, 11) is 0.755. The SMILES string of the molecule is CC[S+](CC)CC.[N-]=C=S. The Morgan fingerprint density at radius 1 is 1.20 bits per heavy atom. The van der Waals surface area contributed by atoms with Crippen molar-refractivity contribution in [1.29, 1.82) is 0 Å². The molecule has 0 unspecified atom stereocenters. The Morgan fingerprint density at radius 3 is 1.40 bits per heavy atom. The maximum Gasteiger partial charge on any atom is 0.105 e. The molecule has 60 valence electrons. The summed E-state index contributed by atoms with van der Waals surface area (Å²) in [6, 6.07) is 0. The van der Waals surface area contributed by atoms with Gasteiger partial charge in [-0.2, -0.15) is 5.16 Å². The van der Waals surface area contributed by atoms with E-state index in [1.165, 1.54) is 22.4 Å². The lowest BCUT2D eigenvalue weighted by molar-refractivity contribution is 1.37. The molecule has 0 radical (unpaired) electrons. The van der Waals surface area contributed by atoms with E-state index in [-0.39, 0.29) is 0 Å². The standard InChI is InChI=1S/C6H15S.CNS/c1-4-7(5-2)6-3;2-1-3/h4-6H2,1-3H3;/q+1;-1. The van der Waals surface area contributed by atoms with E-state index in [1.54, 1.807) is 0 Å². The first-order valence-electron chi connectivity index (χ1n) is 3.42. The first kappa shape index (κ1) is 12.8. The molecule has 0 rings (SSSR count). The van der Waals surface area contributed by atoms with Crippen LogP contribution in [-0.2, 0) is 10.9 Å². The maximum atomic E-state index is 7.13. The van der Waals surface area contributed by atoms with E-state index in [2.05, 4.69) is 33.0 Å². The zero-order valence-corrected chi connectivity index (χ0v) is 8.52.